The lowest BCUT2D eigenvalue weighted by Crippen LogP contribution is -2.45. The minimum Gasteiger partial charge on any atom is -0.450 e. The van der Waals surface area contributed by atoms with Crippen LogP contribution in [0.3, 0.4) is 0 Å². The first-order valence-electron chi connectivity index (χ1n) is 8.31. The fourth-order valence-corrected chi connectivity index (χ4v) is 2.90. The summed E-state index contributed by atoms with van der Waals surface area (Å²) in [4.78, 5) is 22.8. The minimum absolute atomic E-state index is 0.0879. The van der Waals surface area contributed by atoms with Crippen molar-refractivity contribution < 1.29 is 14.5 Å². The zero-order chi connectivity index (χ0) is 18.5. The minimum atomic E-state index is -0.554. The van der Waals surface area contributed by atoms with E-state index in [0.29, 0.717) is 11.3 Å². The van der Waals surface area contributed by atoms with Gasteiger partial charge in [-0.3, -0.25) is 20.3 Å². The summed E-state index contributed by atoms with van der Waals surface area (Å²) in [5, 5.41) is 13.3. The smallest absolute Gasteiger partial charge is 0.313 e. The summed E-state index contributed by atoms with van der Waals surface area (Å²) in [6, 6.07) is 10.6. The molecule has 1 heterocycles. The number of carbonyl (C=O) groups is 1. The van der Waals surface area contributed by atoms with E-state index >= 15 is 0 Å². The Hall–Kier alpha value is -2.64. The Balaban J connectivity index is 1.68. The van der Waals surface area contributed by atoms with Crippen LogP contribution < -0.4 is 10.2 Å². The molecule has 0 unspecified atom stereocenters. The summed E-state index contributed by atoms with van der Waals surface area (Å²) in [5.74, 6) is 0.297. The number of nitrogens with one attached hydrogen (secondary N) is 1. The average Bonchev–Trinajstić information content (AvgIpc) is 2.64. The van der Waals surface area contributed by atoms with Gasteiger partial charge in [0.05, 0.1) is 4.92 Å². The third-order valence-corrected chi connectivity index (χ3v) is 4.31. The van der Waals surface area contributed by atoms with Crippen molar-refractivity contribution in [1.82, 2.24) is 10.4 Å². The van der Waals surface area contributed by atoms with Gasteiger partial charge in [0.2, 0.25) is 5.75 Å². The number of hydrazine groups is 1. The van der Waals surface area contributed by atoms with Crippen molar-refractivity contribution in [3.63, 3.8) is 0 Å². The molecule has 1 aliphatic heterocycles. The highest BCUT2D eigenvalue weighted by molar-refractivity contribution is 6.30. The zero-order valence-corrected chi connectivity index (χ0v) is 14.7. The third kappa shape index (κ3) is 4.50. The van der Waals surface area contributed by atoms with Crippen molar-refractivity contribution >= 4 is 23.2 Å². The van der Waals surface area contributed by atoms with Gasteiger partial charge in [-0.05, 0) is 49.2 Å². The number of nitro benzene ring substituents is 1. The molecule has 1 aliphatic rings. The van der Waals surface area contributed by atoms with E-state index in [1.54, 1.807) is 24.3 Å². The summed E-state index contributed by atoms with van der Waals surface area (Å²) >= 11 is 5.79. The zero-order valence-electron chi connectivity index (χ0n) is 14.0. The highest BCUT2D eigenvalue weighted by atomic mass is 35.5. The van der Waals surface area contributed by atoms with Gasteiger partial charge in [-0.25, -0.2) is 5.01 Å². The van der Waals surface area contributed by atoms with Crippen LogP contribution in [0.15, 0.2) is 42.5 Å². The van der Waals surface area contributed by atoms with Gasteiger partial charge in [-0.1, -0.05) is 18.0 Å². The molecule has 8 heteroatoms. The molecule has 3 rings (SSSR count). The average molecular weight is 376 g/mol. The molecular formula is C18H18ClN3O4. The number of hydrogen-bond acceptors (Lipinski definition) is 5. The maximum atomic E-state index is 12.3. The van der Waals surface area contributed by atoms with E-state index in [1.807, 2.05) is 5.01 Å². The predicted molar refractivity (Wildman–Crippen MR) is 97.5 cm³/mol. The van der Waals surface area contributed by atoms with Crippen LogP contribution in [0.5, 0.6) is 11.5 Å². The summed E-state index contributed by atoms with van der Waals surface area (Å²) in [6.07, 6.45) is 3.34. The second kappa shape index (κ2) is 8.16. The SMILES string of the molecule is O=C(NN1CCCCC1)c1ccc(Oc2ccc(Cl)cc2[N+](=O)[O-])cc1. The highest BCUT2D eigenvalue weighted by Gasteiger charge is 2.17. The number of hydrogen-bond donors (Lipinski definition) is 1. The van der Waals surface area contributed by atoms with E-state index in [2.05, 4.69) is 5.43 Å². The molecule has 26 heavy (non-hydrogen) atoms. The quantitative estimate of drug-likeness (QED) is 0.626. The summed E-state index contributed by atoms with van der Waals surface area (Å²) < 4.78 is 5.57. The molecule has 0 bridgehead atoms. The predicted octanol–water partition coefficient (Wildman–Crippen LogP) is 4.17. The number of halogens is 1. The van der Waals surface area contributed by atoms with Gasteiger partial charge < -0.3 is 4.74 Å². The lowest BCUT2D eigenvalue weighted by Gasteiger charge is -2.26. The monoisotopic (exact) mass is 375 g/mol. The van der Waals surface area contributed by atoms with Crippen molar-refractivity contribution in [3.8, 4) is 11.5 Å². The molecule has 1 amide bonds. The molecule has 1 fully saturated rings. The number of carbonyl (C=O) groups excluding carboxylic acids is 1. The fourth-order valence-electron chi connectivity index (χ4n) is 2.73. The van der Waals surface area contributed by atoms with E-state index in [9.17, 15) is 14.9 Å². The van der Waals surface area contributed by atoms with E-state index in [4.69, 9.17) is 16.3 Å². The first kappa shape index (κ1) is 18.2. The van der Waals surface area contributed by atoms with Crippen molar-refractivity contribution in [2.45, 2.75) is 19.3 Å². The molecule has 136 valence electrons. The Morgan fingerprint density at radius 2 is 1.81 bits per heavy atom. The summed E-state index contributed by atoms with van der Waals surface area (Å²) in [5.41, 5.74) is 3.16. The van der Waals surface area contributed by atoms with Crippen molar-refractivity contribution in [1.29, 1.82) is 0 Å². The third-order valence-electron chi connectivity index (χ3n) is 4.08. The summed E-state index contributed by atoms with van der Waals surface area (Å²) in [7, 11) is 0. The van der Waals surface area contributed by atoms with Gasteiger partial charge in [0.25, 0.3) is 5.91 Å². The molecule has 0 atom stereocenters. The van der Waals surface area contributed by atoms with Crippen LogP contribution in [0, 0.1) is 10.1 Å². The van der Waals surface area contributed by atoms with Crippen LogP contribution in [0.1, 0.15) is 29.6 Å². The number of benzene rings is 2. The topological polar surface area (TPSA) is 84.7 Å². The molecule has 0 spiro atoms. The molecule has 0 aromatic heterocycles. The van der Waals surface area contributed by atoms with Crippen molar-refractivity contribution in [2.24, 2.45) is 0 Å². The van der Waals surface area contributed by atoms with Gasteiger partial charge in [0.1, 0.15) is 5.75 Å². The van der Waals surface area contributed by atoms with E-state index in [-0.39, 0.29) is 22.4 Å². The van der Waals surface area contributed by atoms with E-state index < -0.39 is 4.92 Å². The van der Waals surface area contributed by atoms with Crippen LogP contribution in [-0.4, -0.2) is 28.9 Å². The van der Waals surface area contributed by atoms with Crippen LogP contribution in [0.2, 0.25) is 5.02 Å². The molecule has 2 aromatic carbocycles. The van der Waals surface area contributed by atoms with Gasteiger partial charge in [0.15, 0.2) is 0 Å². The highest BCUT2D eigenvalue weighted by Crippen LogP contribution is 2.33. The number of nitrogens with zero attached hydrogens (tertiary/aromatic N) is 2. The van der Waals surface area contributed by atoms with Crippen LogP contribution in [0.4, 0.5) is 5.69 Å². The van der Waals surface area contributed by atoms with Crippen LogP contribution in [0.25, 0.3) is 0 Å². The Bertz CT molecular complexity index is 805. The lowest BCUT2D eigenvalue weighted by atomic mass is 10.1. The molecule has 7 nitrogen and oxygen atoms in total. The number of amides is 1. The first-order chi connectivity index (χ1) is 12.5. The van der Waals surface area contributed by atoms with Gasteiger partial charge in [-0.2, -0.15) is 0 Å². The maximum absolute atomic E-state index is 12.3. The molecule has 1 saturated heterocycles. The molecule has 0 saturated carbocycles. The molecule has 2 aromatic rings. The molecule has 1 N–H and O–H groups in total. The Labute approximate surface area is 155 Å². The molecule has 0 radical (unpaired) electrons. The Morgan fingerprint density at radius 1 is 1.12 bits per heavy atom. The standard InChI is InChI=1S/C18H18ClN3O4/c19-14-6-9-17(16(12-14)22(24)25)26-15-7-4-13(5-8-15)18(23)20-21-10-2-1-3-11-21/h4-9,12H,1-3,10-11H2,(H,20,23). The van der Waals surface area contributed by atoms with E-state index in [1.165, 1.54) is 24.6 Å². The second-order valence-corrected chi connectivity index (χ2v) is 6.42. The fraction of sp³-hybridized carbons (Fsp3) is 0.278. The maximum Gasteiger partial charge on any atom is 0.313 e. The molecule has 0 aliphatic carbocycles. The van der Waals surface area contributed by atoms with Crippen LogP contribution in [-0.2, 0) is 0 Å². The normalized spacial score (nSPS) is 14.7. The van der Waals surface area contributed by atoms with Crippen LogP contribution >= 0.6 is 11.6 Å². The second-order valence-electron chi connectivity index (χ2n) is 5.98. The molecular weight excluding hydrogens is 358 g/mol. The Kier molecular flexibility index (Phi) is 5.70. The van der Waals surface area contributed by atoms with Gasteiger partial charge >= 0.3 is 5.69 Å². The largest absolute Gasteiger partial charge is 0.450 e. The van der Waals surface area contributed by atoms with E-state index in [0.717, 1.165) is 25.9 Å². The number of nitro groups is 1. The van der Waals surface area contributed by atoms with Crippen molar-refractivity contribution in [2.75, 3.05) is 13.1 Å². The van der Waals surface area contributed by atoms with Crippen molar-refractivity contribution in [3.05, 3.63) is 63.2 Å². The van der Waals surface area contributed by atoms with Gasteiger partial charge in [-0.15, -0.1) is 0 Å². The van der Waals surface area contributed by atoms with Gasteiger partial charge in [0, 0.05) is 29.7 Å². The first-order valence-corrected chi connectivity index (χ1v) is 8.68. The number of piperidine rings is 1. The Morgan fingerprint density at radius 3 is 2.46 bits per heavy atom. The number of ether oxygens (including phenoxy) is 1. The number of rotatable bonds is 5. The summed E-state index contributed by atoms with van der Waals surface area (Å²) in [6.45, 7) is 1.71. The lowest BCUT2D eigenvalue weighted by molar-refractivity contribution is -0.385.